The molecule has 1 N–H and O–H groups in total. The number of carbonyl (C=O) groups is 1. The van der Waals surface area contributed by atoms with Crippen LogP contribution in [0.2, 0.25) is 4.82 Å². The Hall–Kier alpha value is -0.891. The molecule has 3 saturated carbocycles. The molecule has 28 heavy (non-hydrogen) atoms. The van der Waals surface area contributed by atoms with Gasteiger partial charge in [-0.3, -0.25) is 0 Å². The van der Waals surface area contributed by atoms with E-state index in [-0.39, 0.29) is 16.9 Å². The van der Waals surface area contributed by atoms with Gasteiger partial charge in [-0.1, -0.05) is 0 Å². The van der Waals surface area contributed by atoms with E-state index >= 15 is 0 Å². The molecular formula is C25H32O2Se. The van der Waals surface area contributed by atoms with Crippen LogP contribution in [-0.2, 0) is 4.79 Å². The topological polar surface area (TPSA) is 37.3 Å². The van der Waals surface area contributed by atoms with Crippen molar-refractivity contribution in [3.8, 4) is 0 Å². The summed E-state index contributed by atoms with van der Waals surface area (Å²) in [5.41, 5.74) is 1.76. The van der Waals surface area contributed by atoms with Gasteiger partial charge < -0.3 is 0 Å². The van der Waals surface area contributed by atoms with Gasteiger partial charge in [-0.05, 0) is 0 Å². The molecule has 1 aromatic carbocycles. The van der Waals surface area contributed by atoms with Crippen molar-refractivity contribution in [1.82, 2.24) is 0 Å². The summed E-state index contributed by atoms with van der Waals surface area (Å²) in [6.07, 6.45) is 9.50. The van der Waals surface area contributed by atoms with E-state index in [1.807, 2.05) is 6.08 Å². The van der Waals surface area contributed by atoms with E-state index in [4.69, 9.17) is 0 Å². The standard InChI is InChI=1S/C25H32O2Se/c1-24-12-10-17(26)14-16(24)8-9-19-20(24)11-13-25(2)21(19)15-22(23(25)27)28-18-6-4-3-5-7-18/h3-7,14,19-23,27H,8-13,15H2,1-2H3/t19?,20?,21?,22-,23?,24?,25?/m1/s1. The van der Waals surface area contributed by atoms with Crippen molar-refractivity contribution in [1.29, 1.82) is 0 Å². The van der Waals surface area contributed by atoms with Gasteiger partial charge >= 0.3 is 175 Å². The minimum absolute atomic E-state index is 0.0877. The number of ketones is 1. The van der Waals surface area contributed by atoms with Crippen molar-refractivity contribution in [3.05, 3.63) is 42.0 Å². The average Bonchev–Trinajstić information content (AvgIpc) is 2.94. The van der Waals surface area contributed by atoms with Crippen LogP contribution in [0.4, 0.5) is 0 Å². The number of hydrogen-bond acceptors (Lipinski definition) is 2. The first-order valence-electron chi connectivity index (χ1n) is 11.1. The van der Waals surface area contributed by atoms with Crippen LogP contribution in [-0.4, -0.2) is 32.0 Å². The fraction of sp³-hybridized carbons (Fsp3) is 0.640. The average molecular weight is 443 g/mol. The van der Waals surface area contributed by atoms with Crippen molar-refractivity contribution >= 4 is 25.2 Å². The number of rotatable bonds is 2. The first-order chi connectivity index (χ1) is 13.4. The van der Waals surface area contributed by atoms with Crippen molar-refractivity contribution in [2.24, 2.45) is 28.6 Å². The fourth-order valence-electron chi connectivity index (χ4n) is 7.31. The van der Waals surface area contributed by atoms with Crippen molar-refractivity contribution in [2.75, 3.05) is 0 Å². The zero-order valence-corrected chi connectivity index (χ0v) is 18.8. The van der Waals surface area contributed by atoms with Crippen LogP contribution in [0.25, 0.3) is 0 Å². The van der Waals surface area contributed by atoms with Gasteiger partial charge in [0.15, 0.2) is 0 Å². The van der Waals surface area contributed by atoms with E-state index in [9.17, 15) is 9.90 Å². The Morgan fingerprint density at radius 3 is 2.61 bits per heavy atom. The molecule has 0 saturated heterocycles. The van der Waals surface area contributed by atoms with Crippen LogP contribution in [0.5, 0.6) is 0 Å². The SMILES string of the molecule is CC12CCC(=O)C=C1CCC1C2CCC2(C)C1C[C@@H]([Se]c1ccccc1)C2O. The van der Waals surface area contributed by atoms with E-state index < -0.39 is 0 Å². The van der Waals surface area contributed by atoms with Gasteiger partial charge in [0.2, 0.25) is 0 Å². The van der Waals surface area contributed by atoms with E-state index in [0.29, 0.717) is 37.4 Å². The third-order valence-corrected chi connectivity index (χ3v) is 11.7. The molecule has 3 fully saturated rings. The Morgan fingerprint density at radius 2 is 1.82 bits per heavy atom. The Bertz CT molecular complexity index is 802. The summed E-state index contributed by atoms with van der Waals surface area (Å²) >= 11 is 0.345. The molecule has 2 nitrogen and oxygen atoms in total. The van der Waals surface area contributed by atoms with Crippen LogP contribution in [0.1, 0.15) is 58.8 Å². The Balaban J connectivity index is 1.42. The third-order valence-electron chi connectivity index (χ3n) is 8.94. The molecule has 7 atom stereocenters. The Labute approximate surface area is 175 Å². The van der Waals surface area contributed by atoms with E-state index in [0.717, 1.165) is 31.6 Å². The van der Waals surface area contributed by atoms with Crippen molar-refractivity contribution in [2.45, 2.75) is 69.7 Å². The summed E-state index contributed by atoms with van der Waals surface area (Å²) < 4.78 is 1.42. The molecule has 4 aliphatic rings. The van der Waals surface area contributed by atoms with E-state index in [1.54, 1.807) is 0 Å². The van der Waals surface area contributed by atoms with Crippen molar-refractivity contribution in [3.63, 3.8) is 0 Å². The number of benzene rings is 1. The molecule has 0 aliphatic heterocycles. The molecule has 6 unspecified atom stereocenters. The molecule has 0 aromatic heterocycles. The summed E-state index contributed by atoms with van der Waals surface area (Å²) in [4.78, 5) is 12.5. The van der Waals surface area contributed by atoms with E-state index in [2.05, 4.69) is 44.2 Å². The number of aliphatic hydroxyl groups is 1. The monoisotopic (exact) mass is 444 g/mol. The molecule has 0 spiro atoms. The number of hydrogen-bond donors (Lipinski definition) is 1. The zero-order chi connectivity index (χ0) is 19.5. The molecule has 150 valence electrons. The number of fused-ring (bicyclic) bond motifs is 5. The molecule has 0 radical (unpaired) electrons. The normalized spacial score (nSPS) is 45.0. The van der Waals surface area contributed by atoms with Crippen molar-refractivity contribution < 1.29 is 9.90 Å². The maximum atomic E-state index is 12.0. The van der Waals surface area contributed by atoms with E-state index in [1.165, 1.54) is 29.3 Å². The summed E-state index contributed by atoms with van der Waals surface area (Å²) in [6.45, 7) is 4.83. The maximum absolute atomic E-state index is 12.0. The summed E-state index contributed by atoms with van der Waals surface area (Å²) in [6, 6.07) is 10.8. The third kappa shape index (κ3) is 2.81. The minimum atomic E-state index is -0.156. The first-order valence-corrected chi connectivity index (χ1v) is 12.9. The summed E-state index contributed by atoms with van der Waals surface area (Å²) in [7, 11) is 0. The molecule has 0 bridgehead atoms. The van der Waals surface area contributed by atoms with Gasteiger partial charge in [-0.15, -0.1) is 0 Å². The first kappa shape index (κ1) is 19.1. The van der Waals surface area contributed by atoms with Crippen LogP contribution >= 0.6 is 0 Å². The second-order valence-electron chi connectivity index (χ2n) is 10.2. The number of allylic oxidation sites excluding steroid dienone is 1. The Morgan fingerprint density at radius 1 is 1.04 bits per heavy atom. The number of aliphatic hydroxyl groups excluding tert-OH is 1. The van der Waals surface area contributed by atoms with Gasteiger partial charge in [0.1, 0.15) is 0 Å². The molecular weight excluding hydrogens is 411 g/mol. The van der Waals surface area contributed by atoms with Gasteiger partial charge in [-0.25, -0.2) is 0 Å². The summed E-state index contributed by atoms with van der Waals surface area (Å²) in [5.74, 6) is 2.41. The van der Waals surface area contributed by atoms with Gasteiger partial charge in [0.05, 0.1) is 0 Å². The second kappa shape index (κ2) is 6.83. The second-order valence-corrected chi connectivity index (χ2v) is 12.9. The van der Waals surface area contributed by atoms with Crippen LogP contribution in [0.15, 0.2) is 42.0 Å². The van der Waals surface area contributed by atoms with Gasteiger partial charge in [0, 0.05) is 0 Å². The Kier molecular flexibility index (Phi) is 4.65. The van der Waals surface area contributed by atoms with Gasteiger partial charge in [-0.2, -0.15) is 0 Å². The summed E-state index contributed by atoms with van der Waals surface area (Å²) in [5, 5.41) is 11.4. The van der Waals surface area contributed by atoms with Crippen LogP contribution < -0.4 is 4.46 Å². The number of carbonyl (C=O) groups excluding carboxylic acids is 1. The molecule has 0 amide bonds. The predicted molar refractivity (Wildman–Crippen MR) is 114 cm³/mol. The molecule has 3 heteroatoms. The van der Waals surface area contributed by atoms with Crippen LogP contribution in [0, 0.1) is 28.6 Å². The van der Waals surface area contributed by atoms with Gasteiger partial charge in [0.25, 0.3) is 0 Å². The predicted octanol–water partition coefficient (Wildman–Crippen LogP) is 4.31. The van der Waals surface area contributed by atoms with Crippen LogP contribution in [0.3, 0.4) is 0 Å². The molecule has 0 heterocycles. The zero-order valence-electron chi connectivity index (χ0n) is 17.1. The fourth-order valence-corrected chi connectivity index (χ4v) is 10.3. The molecule has 5 rings (SSSR count). The molecule has 1 aromatic rings. The quantitative estimate of drug-likeness (QED) is 0.692. The molecule has 4 aliphatic carbocycles.